The highest BCUT2D eigenvalue weighted by Gasteiger charge is 2.21. The van der Waals surface area contributed by atoms with Crippen LogP contribution in [0.1, 0.15) is 35.3 Å². The standard InChI is InChI=1S/C21H24N2O5/c1-5-27-19-9-14-6-13(2)28-20(14)10-16(19)12-22-23-21(24)15-7-17(25-3)11-18(8-15)26-4/h7-13H,5-6H2,1-4H3,(H,23,24)/b22-12-/t13-/m0/s1. The van der Waals surface area contributed by atoms with Gasteiger partial charge in [0.25, 0.3) is 5.91 Å². The van der Waals surface area contributed by atoms with E-state index in [0.29, 0.717) is 29.4 Å². The highest BCUT2D eigenvalue weighted by atomic mass is 16.5. The fourth-order valence-corrected chi connectivity index (χ4v) is 3.00. The number of nitrogens with zero attached hydrogens (tertiary/aromatic N) is 1. The van der Waals surface area contributed by atoms with E-state index < -0.39 is 0 Å². The van der Waals surface area contributed by atoms with Crippen molar-refractivity contribution in [2.75, 3.05) is 20.8 Å². The van der Waals surface area contributed by atoms with Crippen LogP contribution in [0.2, 0.25) is 0 Å². The molecule has 2 aromatic rings. The Bertz CT molecular complexity index is 872. The van der Waals surface area contributed by atoms with Crippen molar-refractivity contribution in [3.63, 3.8) is 0 Å². The fourth-order valence-electron chi connectivity index (χ4n) is 3.00. The van der Waals surface area contributed by atoms with Crippen LogP contribution in [-0.4, -0.2) is 39.1 Å². The topological polar surface area (TPSA) is 78.4 Å². The molecule has 3 rings (SSSR count). The lowest BCUT2D eigenvalue weighted by molar-refractivity contribution is 0.0954. The predicted octanol–water partition coefficient (Wildman–Crippen LogP) is 3.19. The van der Waals surface area contributed by atoms with Crippen LogP contribution in [0, 0.1) is 0 Å². The maximum absolute atomic E-state index is 12.4. The molecule has 0 saturated carbocycles. The molecule has 7 nitrogen and oxygen atoms in total. The van der Waals surface area contributed by atoms with Gasteiger partial charge in [0, 0.05) is 29.2 Å². The summed E-state index contributed by atoms with van der Waals surface area (Å²) in [5, 5.41) is 4.07. The number of ether oxygens (including phenoxy) is 4. The van der Waals surface area contributed by atoms with Crippen LogP contribution in [-0.2, 0) is 6.42 Å². The molecule has 7 heteroatoms. The molecular formula is C21H24N2O5. The van der Waals surface area contributed by atoms with Crippen LogP contribution >= 0.6 is 0 Å². The van der Waals surface area contributed by atoms with Crippen molar-refractivity contribution >= 4 is 12.1 Å². The molecule has 0 saturated heterocycles. The summed E-state index contributed by atoms with van der Waals surface area (Å²) in [5.41, 5.74) is 4.74. The summed E-state index contributed by atoms with van der Waals surface area (Å²) in [4.78, 5) is 12.4. The minimum absolute atomic E-state index is 0.138. The number of hydrogen-bond acceptors (Lipinski definition) is 6. The van der Waals surface area contributed by atoms with Crippen molar-refractivity contribution < 1.29 is 23.7 Å². The molecule has 1 N–H and O–H groups in total. The molecule has 1 aliphatic rings. The van der Waals surface area contributed by atoms with E-state index in [1.165, 1.54) is 14.2 Å². The molecule has 1 amide bonds. The summed E-state index contributed by atoms with van der Waals surface area (Å²) < 4.78 is 21.9. The summed E-state index contributed by atoms with van der Waals surface area (Å²) in [6, 6.07) is 8.78. The summed E-state index contributed by atoms with van der Waals surface area (Å²) in [7, 11) is 3.06. The van der Waals surface area contributed by atoms with Crippen molar-refractivity contribution in [1.82, 2.24) is 5.43 Å². The lowest BCUT2D eigenvalue weighted by Crippen LogP contribution is -2.17. The number of carbonyl (C=O) groups excluding carboxylic acids is 1. The van der Waals surface area contributed by atoms with E-state index in [0.717, 1.165) is 23.3 Å². The second kappa shape index (κ2) is 8.65. The van der Waals surface area contributed by atoms with E-state index in [4.69, 9.17) is 18.9 Å². The largest absolute Gasteiger partial charge is 0.497 e. The summed E-state index contributed by atoms with van der Waals surface area (Å²) >= 11 is 0. The third-order valence-corrected chi connectivity index (χ3v) is 4.31. The molecular weight excluding hydrogens is 360 g/mol. The first-order valence-electron chi connectivity index (χ1n) is 9.06. The number of amides is 1. The molecule has 1 aliphatic heterocycles. The molecule has 1 atom stereocenters. The number of hydrazone groups is 1. The Morgan fingerprint density at radius 2 is 1.93 bits per heavy atom. The number of benzene rings is 2. The van der Waals surface area contributed by atoms with E-state index in [-0.39, 0.29) is 12.0 Å². The number of methoxy groups -OCH3 is 2. The molecule has 1 heterocycles. The summed E-state index contributed by atoms with van der Waals surface area (Å²) in [6.07, 6.45) is 2.54. The number of carbonyl (C=O) groups is 1. The predicted molar refractivity (Wildman–Crippen MR) is 106 cm³/mol. The van der Waals surface area contributed by atoms with Crippen molar-refractivity contribution in [2.24, 2.45) is 5.10 Å². The Labute approximate surface area is 164 Å². The first kappa shape index (κ1) is 19.5. The number of fused-ring (bicyclic) bond motifs is 1. The Kier molecular flexibility index (Phi) is 6.03. The van der Waals surface area contributed by atoms with Gasteiger partial charge in [0.1, 0.15) is 29.1 Å². The molecule has 0 unspecified atom stereocenters. The second-order valence-corrected chi connectivity index (χ2v) is 6.36. The van der Waals surface area contributed by atoms with Gasteiger partial charge in [-0.05, 0) is 38.1 Å². The average molecular weight is 384 g/mol. The van der Waals surface area contributed by atoms with Gasteiger partial charge in [-0.1, -0.05) is 0 Å². The minimum atomic E-state index is -0.377. The summed E-state index contributed by atoms with van der Waals surface area (Å²) in [6.45, 7) is 4.48. The summed E-state index contributed by atoms with van der Waals surface area (Å²) in [5.74, 6) is 2.20. The quantitative estimate of drug-likeness (QED) is 0.586. The van der Waals surface area contributed by atoms with E-state index in [2.05, 4.69) is 10.5 Å². The van der Waals surface area contributed by atoms with Gasteiger partial charge in [-0.25, -0.2) is 5.43 Å². The van der Waals surface area contributed by atoms with Gasteiger partial charge < -0.3 is 18.9 Å². The zero-order valence-corrected chi connectivity index (χ0v) is 16.4. The third-order valence-electron chi connectivity index (χ3n) is 4.31. The lowest BCUT2D eigenvalue weighted by Gasteiger charge is -2.10. The lowest BCUT2D eigenvalue weighted by atomic mass is 10.1. The molecule has 0 bridgehead atoms. The molecule has 0 spiro atoms. The van der Waals surface area contributed by atoms with Gasteiger partial charge in [0.2, 0.25) is 0 Å². The molecule has 28 heavy (non-hydrogen) atoms. The molecule has 148 valence electrons. The van der Waals surface area contributed by atoms with Crippen LogP contribution in [0.25, 0.3) is 0 Å². The smallest absolute Gasteiger partial charge is 0.271 e. The van der Waals surface area contributed by atoms with Gasteiger partial charge in [-0.2, -0.15) is 5.10 Å². The normalized spacial score (nSPS) is 15.1. The average Bonchev–Trinajstić information content (AvgIpc) is 3.06. The van der Waals surface area contributed by atoms with Gasteiger partial charge in [0.15, 0.2) is 0 Å². The van der Waals surface area contributed by atoms with Gasteiger partial charge >= 0.3 is 0 Å². The van der Waals surface area contributed by atoms with Gasteiger partial charge in [-0.15, -0.1) is 0 Å². The Morgan fingerprint density at radius 1 is 1.21 bits per heavy atom. The fraction of sp³-hybridized carbons (Fsp3) is 0.333. The molecule has 0 aliphatic carbocycles. The van der Waals surface area contributed by atoms with Crippen LogP contribution < -0.4 is 24.4 Å². The second-order valence-electron chi connectivity index (χ2n) is 6.36. The van der Waals surface area contributed by atoms with Crippen molar-refractivity contribution in [3.05, 3.63) is 47.0 Å². The van der Waals surface area contributed by atoms with E-state index in [1.54, 1.807) is 24.4 Å². The Morgan fingerprint density at radius 3 is 2.57 bits per heavy atom. The first-order chi connectivity index (χ1) is 13.5. The van der Waals surface area contributed by atoms with Gasteiger partial charge in [-0.3, -0.25) is 4.79 Å². The maximum Gasteiger partial charge on any atom is 0.271 e. The minimum Gasteiger partial charge on any atom is -0.497 e. The SMILES string of the molecule is CCOc1cc2c(cc1/C=N\NC(=O)c1cc(OC)cc(OC)c1)O[C@@H](C)C2. The van der Waals surface area contributed by atoms with Crippen LogP contribution in [0.4, 0.5) is 0 Å². The zero-order chi connectivity index (χ0) is 20.1. The van der Waals surface area contributed by atoms with Crippen molar-refractivity contribution in [2.45, 2.75) is 26.4 Å². The third kappa shape index (κ3) is 4.36. The highest BCUT2D eigenvalue weighted by molar-refractivity contribution is 5.96. The van der Waals surface area contributed by atoms with Crippen molar-refractivity contribution in [3.8, 4) is 23.0 Å². The van der Waals surface area contributed by atoms with Crippen LogP contribution in [0.5, 0.6) is 23.0 Å². The zero-order valence-electron chi connectivity index (χ0n) is 16.4. The van der Waals surface area contributed by atoms with E-state index in [9.17, 15) is 4.79 Å². The number of rotatable bonds is 7. The number of nitrogens with one attached hydrogen (secondary N) is 1. The van der Waals surface area contributed by atoms with Crippen LogP contribution in [0.15, 0.2) is 35.4 Å². The Balaban J connectivity index is 1.77. The Hall–Kier alpha value is -3.22. The molecule has 0 fully saturated rings. The van der Waals surface area contributed by atoms with Crippen LogP contribution in [0.3, 0.4) is 0 Å². The van der Waals surface area contributed by atoms with E-state index in [1.807, 2.05) is 26.0 Å². The molecule has 0 radical (unpaired) electrons. The first-order valence-corrected chi connectivity index (χ1v) is 9.06. The molecule has 0 aromatic heterocycles. The highest BCUT2D eigenvalue weighted by Crippen LogP contribution is 2.34. The number of hydrogen-bond donors (Lipinski definition) is 1. The monoisotopic (exact) mass is 384 g/mol. The van der Waals surface area contributed by atoms with E-state index >= 15 is 0 Å². The van der Waals surface area contributed by atoms with Crippen molar-refractivity contribution in [1.29, 1.82) is 0 Å². The maximum atomic E-state index is 12.4. The van der Waals surface area contributed by atoms with Gasteiger partial charge in [0.05, 0.1) is 27.0 Å². The molecule has 2 aromatic carbocycles.